The fraction of sp³-hybridized carbons (Fsp3) is 0.600. The minimum absolute atomic E-state index is 0.0221. The van der Waals surface area contributed by atoms with Crippen LogP contribution in [-0.4, -0.2) is 14.9 Å². The molecule has 136 valence electrons. The maximum absolute atomic E-state index is 12.9. The Balaban J connectivity index is 1.84. The van der Waals surface area contributed by atoms with Crippen LogP contribution >= 0.6 is 11.3 Å². The second-order valence-electron chi connectivity index (χ2n) is 7.57. The molecule has 3 rings (SSSR count). The monoisotopic (exact) mass is 360 g/mol. The van der Waals surface area contributed by atoms with Gasteiger partial charge in [0.1, 0.15) is 0 Å². The van der Waals surface area contributed by atoms with Gasteiger partial charge in [0.25, 0.3) is 0 Å². The summed E-state index contributed by atoms with van der Waals surface area (Å²) in [6, 6.07) is 1.99. The average Bonchev–Trinajstić information content (AvgIpc) is 3.02. The second kappa shape index (κ2) is 7.32. The Hall–Kier alpha value is -1.62. The second-order valence-corrected chi connectivity index (χ2v) is 8.62. The molecule has 0 aliphatic heterocycles. The van der Waals surface area contributed by atoms with Crippen molar-refractivity contribution >= 4 is 17.1 Å². The van der Waals surface area contributed by atoms with E-state index >= 15 is 0 Å². The molecule has 0 amide bonds. The molecule has 1 aliphatic rings. The molecular formula is C20H28N2O2S. The number of aromatic nitrogens is 2. The van der Waals surface area contributed by atoms with Gasteiger partial charge in [-0.05, 0) is 57.9 Å². The van der Waals surface area contributed by atoms with Gasteiger partial charge in [-0.3, -0.25) is 14.2 Å². The zero-order chi connectivity index (χ0) is 18.1. The standard InChI is InChI=1S/C20H28N2O2S/c1-13(2)9-10-21-14(3)11-16(15(21)4)18(23)12-22-17-7-5-6-8-19(17)25-20(22)24/h11,13H,5-10,12H2,1-4H3. The summed E-state index contributed by atoms with van der Waals surface area (Å²) in [5.41, 5.74) is 4.02. The number of ketones is 1. The first kappa shape index (κ1) is 18.2. The SMILES string of the molecule is Cc1cc(C(=O)Cn2c3c(sc2=O)CCCC3)c(C)n1CCC(C)C. The number of hydrogen-bond donors (Lipinski definition) is 0. The lowest BCUT2D eigenvalue weighted by atomic mass is 10.0. The van der Waals surface area contributed by atoms with Crippen LogP contribution in [0.25, 0.3) is 0 Å². The van der Waals surface area contributed by atoms with Gasteiger partial charge in [0.05, 0.1) is 6.54 Å². The Kier molecular flexibility index (Phi) is 5.32. The van der Waals surface area contributed by atoms with Crippen LogP contribution in [-0.2, 0) is 25.9 Å². The predicted molar refractivity (Wildman–Crippen MR) is 103 cm³/mol. The van der Waals surface area contributed by atoms with Crippen molar-refractivity contribution in [2.45, 2.75) is 72.9 Å². The zero-order valence-electron chi connectivity index (χ0n) is 15.7. The summed E-state index contributed by atoms with van der Waals surface area (Å²) in [6.07, 6.45) is 5.27. The average molecular weight is 361 g/mol. The Morgan fingerprint density at radius 2 is 1.92 bits per heavy atom. The van der Waals surface area contributed by atoms with Crippen molar-refractivity contribution in [2.24, 2.45) is 5.92 Å². The lowest BCUT2D eigenvalue weighted by molar-refractivity contribution is 0.0969. The summed E-state index contributed by atoms with van der Waals surface area (Å²) in [7, 11) is 0. The number of thiazole rings is 1. The number of carbonyl (C=O) groups excluding carboxylic acids is 1. The minimum atomic E-state index is 0.0221. The van der Waals surface area contributed by atoms with Crippen LogP contribution in [0.15, 0.2) is 10.9 Å². The summed E-state index contributed by atoms with van der Waals surface area (Å²) >= 11 is 1.33. The summed E-state index contributed by atoms with van der Waals surface area (Å²) in [4.78, 5) is 26.4. The third kappa shape index (κ3) is 3.66. The highest BCUT2D eigenvalue weighted by Crippen LogP contribution is 2.24. The van der Waals surface area contributed by atoms with E-state index in [0.29, 0.717) is 5.92 Å². The lowest BCUT2D eigenvalue weighted by Crippen LogP contribution is -2.23. The van der Waals surface area contributed by atoms with Crippen molar-refractivity contribution in [1.29, 1.82) is 0 Å². The molecule has 0 unspecified atom stereocenters. The van der Waals surface area contributed by atoms with Gasteiger partial charge >= 0.3 is 4.87 Å². The molecule has 1 aliphatic carbocycles. The molecule has 25 heavy (non-hydrogen) atoms. The summed E-state index contributed by atoms with van der Waals surface area (Å²) < 4.78 is 3.96. The molecule has 0 spiro atoms. The van der Waals surface area contributed by atoms with E-state index in [1.807, 2.05) is 13.0 Å². The van der Waals surface area contributed by atoms with Gasteiger partial charge < -0.3 is 4.57 Å². The molecule has 0 saturated heterocycles. The highest BCUT2D eigenvalue weighted by molar-refractivity contribution is 7.09. The van der Waals surface area contributed by atoms with Gasteiger partial charge in [-0.25, -0.2) is 0 Å². The van der Waals surface area contributed by atoms with Gasteiger partial charge in [-0.2, -0.15) is 0 Å². The van der Waals surface area contributed by atoms with Gasteiger partial charge in [-0.1, -0.05) is 25.2 Å². The van der Waals surface area contributed by atoms with E-state index in [1.54, 1.807) is 4.57 Å². The van der Waals surface area contributed by atoms with Crippen molar-refractivity contribution in [3.05, 3.63) is 43.3 Å². The molecule has 0 saturated carbocycles. The number of aryl methyl sites for hydroxylation is 2. The molecule has 2 aromatic heterocycles. The van der Waals surface area contributed by atoms with Crippen LogP contribution in [0.3, 0.4) is 0 Å². The summed E-state index contributed by atoms with van der Waals surface area (Å²) in [6.45, 7) is 9.63. The Morgan fingerprint density at radius 1 is 1.20 bits per heavy atom. The van der Waals surface area contributed by atoms with E-state index in [0.717, 1.165) is 61.3 Å². The van der Waals surface area contributed by atoms with Crippen LogP contribution in [0.4, 0.5) is 0 Å². The molecule has 0 atom stereocenters. The summed E-state index contributed by atoms with van der Waals surface area (Å²) in [5, 5.41) is 0. The number of fused-ring (bicyclic) bond motifs is 1. The Morgan fingerprint density at radius 3 is 2.64 bits per heavy atom. The van der Waals surface area contributed by atoms with Crippen LogP contribution in [0.5, 0.6) is 0 Å². The molecular weight excluding hydrogens is 332 g/mol. The molecule has 0 N–H and O–H groups in total. The van der Waals surface area contributed by atoms with Crippen molar-refractivity contribution in [3.8, 4) is 0 Å². The third-order valence-electron chi connectivity index (χ3n) is 5.25. The first-order valence-electron chi connectivity index (χ1n) is 9.29. The van der Waals surface area contributed by atoms with Crippen LogP contribution < -0.4 is 4.87 Å². The van der Waals surface area contributed by atoms with E-state index in [9.17, 15) is 9.59 Å². The van der Waals surface area contributed by atoms with Crippen molar-refractivity contribution < 1.29 is 4.79 Å². The number of carbonyl (C=O) groups is 1. The van der Waals surface area contributed by atoms with E-state index in [1.165, 1.54) is 16.2 Å². The predicted octanol–water partition coefficient (Wildman–Crippen LogP) is 4.14. The zero-order valence-corrected chi connectivity index (χ0v) is 16.5. The number of hydrogen-bond acceptors (Lipinski definition) is 3. The molecule has 0 fully saturated rings. The fourth-order valence-corrected chi connectivity index (χ4v) is 4.80. The number of Topliss-reactive ketones (excluding diaryl/α,β-unsaturated/α-hetero) is 1. The maximum Gasteiger partial charge on any atom is 0.307 e. The topological polar surface area (TPSA) is 44.0 Å². The molecule has 0 radical (unpaired) electrons. The quantitative estimate of drug-likeness (QED) is 0.727. The van der Waals surface area contributed by atoms with Crippen LogP contribution in [0, 0.1) is 19.8 Å². The third-order valence-corrected chi connectivity index (χ3v) is 6.33. The number of rotatable bonds is 6. The molecule has 4 nitrogen and oxygen atoms in total. The van der Waals surface area contributed by atoms with Crippen LogP contribution in [0.2, 0.25) is 0 Å². The largest absolute Gasteiger partial charge is 0.348 e. The lowest BCUT2D eigenvalue weighted by Gasteiger charge is -2.14. The van der Waals surface area contributed by atoms with Crippen LogP contribution in [0.1, 0.15) is 65.4 Å². The highest BCUT2D eigenvalue weighted by Gasteiger charge is 2.22. The van der Waals surface area contributed by atoms with Gasteiger partial charge in [-0.15, -0.1) is 0 Å². The molecule has 0 bridgehead atoms. The van der Waals surface area contributed by atoms with Gasteiger partial charge in [0.2, 0.25) is 0 Å². The minimum Gasteiger partial charge on any atom is -0.348 e. The van der Waals surface area contributed by atoms with Crippen molar-refractivity contribution in [1.82, 2.24) is 9.13 Å². The smallest absolute Gasteiger partial charge is 0.307 e. The van der Waals surface area contributed by atoms with E-state index in [-0.39, 0.29) is 17.2 Å². The first-order chi connectivity index (χ1) is 11.9. The highest BCUT2D eigenvalue weighted by atomic mass is 32.1. The maximum atomic E-state index is 12.9. The molecule has 2 aromatic rings. The van der Waals surface area contributed by atoms with E-state index in [2.05, 4.69) is 25.3 Å². The van der Waals surface area contributed by atoms with Crippen molar-refractivity contribution in [3.63, 3.8) is 0 Å². The van der Waals surface area contributed by atoms with Gasteiger partial charge in [0.15, 0.2) is 5.78 Å². The van der Waals surface area contributed by atoms with Gasteiger partial charge in [0, 0.05) is 34.1 Å². The molecule has 0 aromatic carbocycles. The normalized spacial score (nSPS) is 14.1. The summed E-state index contributed by atoms with van der Waals surface area (Å²) in [5.74, 6) is 0.688. The number of nitrogens with zero attached hydrogens (tertiary/aromatic N) is 2. The van der Waals surface area contributed by atoms with E-state index < -0.39 is 0 Å². The van der Waals surface area contributed by atoms with Crippen molar-refractivity contribution in [2.75, 3.05) is 0 Å². The Labute approximate surface area is 153 Å². The van der Waals surface area contributed by atoms with E-state index in [4.69, 9.17) is 0 Å². The Bertz CT molecular complexity index is 839. The fourth-order valence-electron chi connectivity index (χ4n) is 3.73. The molecule has 5 heteroatoms. The first-order valence-corrected chi connectivity index (χ1v) is 10.1. The molecule has 2 heterocycles.